The van der Waals surface area contributed by atoms with Crippen molar-refractivity contribution in [3.8, 4) is 0 Å². The molecule has 1 aliphatic carbocycles. The summed E-state index contributed by atoms with van der Waals surface area (Å²) in [5.41, 5.74) is 3.00. The molecular formula is C15H21ClO. The highest BCUT2D eigenvalue weighted by atomic mass is 35.5. The SMILES string of the molecule is COCCc1ccc(C(Cl)C2CC2(C)C)cc1. The van der Waals surface area contributed by atoms with Gasteiger partial charge in [0.2, 0.25) is 0 Å². The van der Waals surface area contributed by atoms with Crippen molar-refractivity contribution in [1.82, 2.24) is 0 Å². The molecule has 0 spiro atoms. The van der Waals surface area contributed by atoms with E-state index in [-0.39, 0.29) is 5.38 Å². The lowest BCUT2D eigenvalue weighted by Crippen LogP contribution is -2.00. The lowest BCUT2D eigenvalue weighted by Gasteiger charge is -2.12. The zero-order valence-electron chi connectivity index (χ0n) is 10.9. The lowest BCUT2D eigenvalue weighted by molar-refractivity contribution is 0.202. The molecule has 1 nitrogen and oxygen atoms in total. The van der Waals surface area contributed by atoms with Gasteiger partial charge < -0.3 is 4.74 Å². The van der Waals surface area contributed by atoms with Gasteiger partial charge in [0, 0.05) is 7.11 Å². The molecular weight excluding hydrogens is 232 g/mol. The van der Waals surface area contributed by atoms with E-state index >= 15 is 0 Å². The second kappa shape index (κ2) is 4.99. The van der Waals surface area contributed by atoms with E-state index in [0.29, 0.717) is 11.3 Å². The van der Waals surface area contributed by atoms with Crippen molar-refractivity contribution in [2.45, 2.75) is 32.1 Å². The van der Waals surface area contributed by atoms with Crippen LogP contribution in [0.3, 0.4) is 0 Å². The van der Waals surface area contributed by atoms with E-state index in [9.17, 15) is 0 Å². The van der Waals surface area contributed by atoms with Crippen molar-refractivity contribution in [1.29, 1.82) is 0 Å². The first-order chi connectivity index (χ1) is 8.04. The number of ether oxygens (including phenoxy) is 1. The van der Waals surface area contributed by atoms with Crippen LogP contribution in [-0.4, -0.2) is 13.7 Å². The summed E-state index contributed by atoms with van der Waals surface area (Å²) in [5.74, 6) is 0.633. The van der Waals surface area contributed by atoms with Crippen LogP contribution < -0.4 is 0 Å². The molecule has 0 aliphatic heterocycles. The fourth-order valence-electron chi connectivity index (χ4n) is 2.33. The summed E-state index contributed by atoms with van der Waals surface area (Å²) in [4.78, 5) is 0. The van der Waals surface area contributed by atoms with Crippen molar-refractivity contribution < 1.29 is 4.74 Å². The van der Waals surface area contributed by atoms with Gasteiger partial charge in [-0.25, -0.2) is 0 Å². The molecule has 1 saturated carbocycles. The first-order valence-corrected chi connectivity index (χ1v) is 6.70. The van der Waals surface area contributed by atoms with Crippen molar-refractivity contribution >= 4 is 11.6 Å². The summed E-state index contributed by atoms with van der Waals surface area (Å²) in [7, 11) is 1.73. The molecule has 2 heteroatoms. The van der Waals surface area contributed by atoms with Gasteiger partial charge in [0.1, 0.15) is 0 Å². The largest absolute Gasteiger partial charge is 0.384 e. The number of alkyl halides is 1. The third-order valence-electron chi connectivity index (χ3n) is 3.84. The molecule has 17 heavy (non-hydrogen) atoms. The number of halogens is 1. The first-order valence-electron chi connectivity index (χ1n) is 6.26. The molecule has 0 N–H and O–H groups in total. The van der Waals surface area contributed by atoms with Crippen LogP contribution in [0.5, 0.6) is 0 Å². The highest BCUT2D eigenvalue weighted by Gasteiger charge is 2.49. The molecule has 2 unspecified atom stereocenters. The molecule has 1 aromatic rings. The van der Waals surface area contributed by atoms with Gasteiger partial charge in [0.15, 0.2) is 0 Å². The normalized spacial score (nSPS) is 23.4. The van der Waals surface area contributed by atoms with Crippen molar-refractivity contribution in [3.63, 3.8) is 0 Å². The molecule has 1 aliphatic rings. The number of hydrogen-bond donors (Lipinski definition) is 0. The Kier molecular flexibility index (Phi) is 3.79. The summed E-state index contributed by atoms with van der Waals surface area (Å²) in [6.45, 7) is 5.36. The van der Waals surface area contributed by atoms with Crippen LogP contribution in [0.15, 0.2) is 24.3 Å². The molecule has 0 radical (unpaired) electrons. The van der Waals surface area contributed by atoms with E-state index in [1.807, 2.05) is 0 Å². The third kappa shape index (κ3) is 3.02. The van der Waals surface area contributed by atoms with Crippen LogP contribution in [0, 0.1) is 11.3 Å². The average molecular weight is 253 g/mol. The number of methoxy groups -OCH3 is 1. The maximum absolute atomic E-state index is 6.52. The second-order valence-corrected chi connectivity index (χ2v) is 6.16. The second-order valence-electron chi connectivity index (χ2n) is 5.69. The molecule has 1 fully saturated rings. The topological polar surface area (TPSA) is 9.23 Å². The quantitative estimate of drug-likeness (QED) is 0.714. The molecule has 2 atom stereocenters. The number of rotatable bonds is 5. The van der Waals surface area contributed by atoms with Crippen LogP contribution >= 0.6 is 11.6 Å². The van der Waals surface area contributed by atoms with Gasteiger partial charge in [0.05, 0.1) is 12.0 Å². The number of hydrogen-bond acceptors (Lipinski definition) is 1. The first kappa shape index (κ1) is 12.9. The van der Waals surface area contributed by atoms with Crippen LogP contribution in [0.2, 0.25) is 0 Å². The van der Waals surface area contributed by atoms with Crippen LogP contribution in [0.4, 0.5) is 0 Å². The zero-order valence-corrected chi connectivity index (χ0v) is 11.6. The molecule has 0 amide bonds. The predicted octanol–water partition coefficient (Wildman–Crippen LogP) is 4.20. The van der Waals surface area contributed by atoms with Gasteiger partial charge in [-0.05, 0) is 35.3 Å². The van der Waals surface area contributed by atoms with E-state index in [0.717, 1.165) is 13.0 Å². The average Bonchev–Trinajstić information content (AvgIpc) is 2.95. The van der Waals surface area contributed by atoms with E-state index in [1.165, 1.54) is 17.5 Å². The molecule has 0 aromatic heterocycles. The Balaban J connectivity index is 1.98. The molecule has 1 aromatic carbocycles. The fraction of sp³-hybridized carbons (Fsp3) is 0.600. The maximum atomic E-state index is 6.52. The summed E-state index contributed by atoms with van der Waals surface area (Å²) < 4.78 is 5.07. The lowest BCUT2D eigenvalue weighted by atomic mass is 10.0. The van der Waals surface area contributed by atoms with E-state index in [4.69, 9.17) is 16.3 Å². The van der Waals surface area contributed by atoms with E-state index in [1.54, 1.807) is 7.11 Å². The maximum Gasteiger partial charge on any atom is 0.0618 e. The Hall–Kier alpha value is -0.530. The van der Waals surface area contributed by atoms with E-state index in [2.05, 4.69) is 38.1 Å². The zero-order chi connectivity index (χ0) is 12.5. The van der Waals surface area contributed by atoms with Crippen LogP contribution in [0.25, 0.3) is 0 Å². The van der Waals surface area contributed by atoms with Gasteiger partial charge >= 0.3 is 0 Å². The fourth-order valence-corrected chi connectivity index (χ4v) is 2.90. The summed E-state index contributed by atoms with van der Waals surface area (Å²) in [5, 5.41) is 0.168. The van der Waals surface area contributed by atoms with Crippen LogP contribution in [0.1, 0.15) is 36.8 Å². The van der Waals surface area contributed by atoms with Gasteiger partial charge in [-0.3, -0.25) is 0 Å². The number of benzene rings is 1. The molecule has 0 saturated heterocycles. The van der Waals surface area contributed by atoms with Crippen molar-refractivity contribution in [2.75, 3.05) is 13.7 Å². The van der Waals surface area contributed by atoms with Gasteiger partial charge in [-0.1, -0.05) is 38.1 Å². The van der Waals surface area contributed by atoms with E-state index < -0.39 is 0 Å². The summed E-state index contributed by atoms with van der Waals surface area (Å²) in [6.07, 6.45) is 2.21. The summed E-state index contributed by atoms with van der Waals surface area (Å²) >= 11 is 6.52. The minimum absolute atomic E-state index is 0.168. The van der Waals surface area contributed by atoms with Crippen molar-refractivity contribution in [2.24, 2.45) is 11.3 Å². The Morgan fingerprint density at radius 1 is 1.35 bits per heavy atom. The standard InChI is InChI=1S/C15H21ClO/c1-15(2)10-13(15)14(16)12-6-4-11(5-7-12)8-9-17-3/h4-7,13-14H,8-10H2,1-3H3. The van der Waals surface area contributed by atoms with Gasteiger partial charge in [0.25, 0.3) is 0 Å². The Morgan fingerprint density at radius 2 is 1.94 bits per heavy atom. The van der Waals surface area contributed by atoms with Crippen LogP contribution in [-0.2, 0) is 11.2 Å². The van der Waals surface area contributed by atoms with Gasteiger partial charge in [-0.15, -0.1) is 11.6 Å². The van der Waals surface area contributed by atoms with Gasteiger partial charge in [-0.2, -0.15) is 0 Å². The van der Waals surface area contributed by atoms with Crippen molar-refractivity contribution in [3.05, 3.63) is 35.4 Å². The Morgan fingerprint density at radius 3 is 2.41 bits per heavy atom. The third-order valence-corrected chi connectivity index (χ3v) is 4.39. The molecule has 0 bridgehead atoms. The minimum Gasteiger partial charge on any atom is -0.384 e. The smallest absolute Gasteiger partial charge is 0.0618 e. The minimum atomic E-state index is 0.168. The monoisotopic (exact) mass is 252 g/mol. The molecule has 0 heterocycles. The predicted molar refractivity (Wildman–Crippen MR) is 72.5 cm³/mol. The summed E-state index contributed by atoms with van der Waals surface area (Å²) in [6, 6.07) is 8.66. The molecule has 2 rings (SSSR count). The highest BCUT2D eigenvalue weighted by molar-refractivity contribution is 6.21. The Labute approximate surface area is 109 Å². The Bertz CT molecular complexity index is 369. The highest BCUT2D eigenvalue weighted by Crippen LogP contribution is 2.59. The molecule has 94 valence electrons.